The van der Waals surface area contributed by atoms with E-state index in [1.54, 1.807) is 0 Å². The van der Waals surface area contributed by atoms with Gasteiger partial charge in [0.05, 0.1) is 11.9 Å². The minimum Gasteiger partial charge on any atom is -0.296 e. The van der Waals surface area contributed by atoms with Crippen molar-refractivity contribution in [2.24, 2.45) is 0 Å². The summed E-state index contributed by atoms with van der Waals surface area (Å²) in [5, 5.41) is -0.695. The topological polar surface area (TPSA) is 69.0 Å². The van der Waals surface area contributed by atoms with E-state index in [1.807, 2.05) is 0 Å². The molecule has 0 saturated carbocycles. The predicted molar refractivity (Wildman–Crippen MR) is 86.1 cm³/mol. The third kappa shape index (κ3) is 3.47. The van der Waals surface area contributed by atoms with E-state index in [1.165, 1.54) is 12.1 Å². The molecule has 0 saturated heterocycles. The number of imidazole rings is 1. The largest absolute Gasteiger partial charge is 0.296 e. The van der Waals surface area contributed by atoms with Crippen molar-refractivity contribution in [3.8, 4) is 5.69 Å². The van der Waals surface area contributed by atoms with Gasteiger partial charge in [-0.3, -0.25) is 9.36 Å². The van der Waals surface area contributed by atoms with Gasteiger partial charge in [0.2, 0.25) is 15.0 Å². The minimum absolute atomic E-state index is 0.0924. The van der Waals surface area contributed by atoms with Gasteiger partial charge < -0.3 is 0 Å². The molecule has 0 unspecified atom stereocenters. The lowest BCUT2D eigenvalue weighted by Gasteiger charge is -2.11. The molecule has 1 aromatic heterocycles. The number of hydrogen-bond acceptors (Lipinski definition) is 4. The van der Waals surface area contributed by atoms with Crippen LogP contribution in [-0.2, 0) is 15.6 Å². The molecule has 140 valence electrons. The van der Waals surface area contributed by atoms with Gasteiger partial charge in [-0.15, -0.1) is 0 Å². The molecule has 0 spiro atoms. The van der Waals surface area contributed by atoms with Crippen LogP contribution in [0.25, 0.3) is 5.69 Å². The second-order valence-corrected chi connectivity index (χ2v) is 7.36. The van der Waals surface area contributed by atoms with Crippen LogP contribution in [-0.4, -0.2) is 24.3 Å². The van der Waals surface area contributed by atoms with E-state index in [9.17, 15) is 30.8 Å². The van der Waals surface area contributed by atoms with E-state index in [0.717, 1.165) is 22.9 Å². The zero-order valence-corrected chi connectivity index (χ0v) is 14.2. The first-order chi connectivity index (χ1) is 12.7. The fourth-order valence-corrected chi connectivity index (χ4v) is 3.93. The Morgan fingerprint density at radius 3 is 2.22 bits per heavy atom. The standard InChI is InChI=1S/C17H10F4N2O3S/c18-10-1-3-11(4-2-10)23-12(8-24)7-22-17(23)27(25,26)9-13-14(19)5-6-15(20)16(13)21/h1-8H,9H2. The average molecular weight is 398 g/mol. The van der Waals surface area contributed by atoms with Gasteiger partial charge >= 0.3 is 0 Å². The van der Waals surface area contributed by atoms with Crippen LogP contribution in [0.5, 0.6) is 0 Å². The summed E-state index contributed by atoms with van der Waals surface area (Å²) in [6, 6.07) is 5.61. The van der Waals surface area contributed by atoms with Gasteiger partial charge in [0.15, 0.2) is 17.9 Å². The molecule has 0 aliphatic heterocycles. The summed E-state index contributed by atoms with van der Waals surface area (Å²) < 4.78 is 80.4. The van der Waals surface area contributed by atoms with E-state index in [-0.39, 0.29) is 11.4 Å². The Balaban J connectivity index is 2.14. The van der Waals surface area contributed by atoms with E-state index in [0.29, 0.717) is 18.4 Å². The number of sulfone groups is 1. The summed E-state index contributed by atoms with van der Waals surface area (Å²) in [7, 11) is -4.50. The molecule has 27 heavy (non-hydrogen) atoms. The first-order valence-electron chi connectivity index (χ1n) is 7.38. The lowest BCUT2D eigenvalue weighted by molar-refractivity contribution is 0.111. The number of carbonyl (C=O) groups is 1. The van der Waals surface area contributed by atoms with Crippen LogP contribution < -0.4 is 0 Å². The maximum absolute atomic E-state index is 13.8. The summed E-state index contributed by atoms with van der Waals surface area (Å²) in [5.41, 5.74) is -1.08. The molecular formula is C17H10F4N2O3S. The molecule has 0 amide bonds. The Kier molecular flexibility index (Phi) is 4.83. The maximum Gasteiger partial charge on any atom is 0.233 e. The Labute approximate surface area is 150 Å². The summed E-state index contributed by atoms with van der Waals surface area (Å²) in [5.74, 6) is -6.10. The van der Waals surface area contributed by atoms with Crippen LogP contribution in [0.4, 0.5) is 17.6 Å². The Hall–Kier alpha value is -3.01. The molecule has 10 heteroatoms. The van der Waals surface area contributed by atoms with Gasteiger partial charge in [-0.25, -0.2) is 31.0 Å². The highest BCUT2D eigenvalue weighted by Gasteiger charge is 2.28. The number of benzene rings is 2. The predicted octanol–water partition coefficient (Wildman–Crippen LogP) is 3.22. The molecule has 1 heterocycles. The molecule has 3 rings (SSSR count). The second-order valence-electron chi connectivity index (χ2n) is 5.48. The number of aldehydes is 1. The molecule has 0 atom stereocenters. The zero-order valence-electron chi connectivity index (χ0n) is 13.4. The maximum atomic E-state index is 13.8. The average Bonchev–Trinajstić information content (AvgIpc) is 3.08. The zero-order chi connectivity index (χ0) is 19.8. The summed E-state index contributed by atoms with van der Waals surface area (Å²) >= 11 is 0. The van der Waals surface area contributed by atoms with E-state index < -0.39 is 49.6 Å². The number of carbonyl (C=O) groups excluding carboxylic acids is 1. The van der Waals surface area contributed by atoms with Crippen LogP contribution in [0, 0.1) is 23.3 Å². The van der Waals surface area contributed by atoms with Gasteiger partial charge in [-0.2, -0.15) is 0 Å². The number of aromatic nitrogens is 2. The van der Waals surface area contributed by atoms with Crippen LogP contribution in [0.2, 0.25) is 0 Å². The van der Waals surface area contributed by atoms with E-state index in [2.05, 4.69) is 4.98 Å². The Bertz CT molecular complexity index is 1130. The van der Waals surface area contributed by atoms with E-state index in [4.69, 9.17) is 0 Å². The highest BCUT2D eigenvalue weighted by Crippen LogP contribution is 2.25. The molecule has 0 N–H and O–H groups in total. The molecule has 0 fully saturated rings. The molecule has 2 aromatic carbocycles. The molecule has 0 radical (unpaired) electrons. The summed E-state index contributed by atoms with van der Waals surface area (Å²) in [4.78, 5) is 14.9. The van der Waals surface area contributed by atoms with Gasteiger partial charge in [0.1, 0.15) is 17.3 Å². The fourth-order valence-electron chi connectivity index (χ4n) is 2.46. The van der Waals surface area contributed by atoms with Crippen LogP contribution in [0.1, 0.15) is 16.1 Å². The van der Waals surface area contributed by atoms with Crippen molar-refractivity contribution in [1.29, 1.82) is 0 Å². The van der Waals surface area contributed by atoms with Crippen LogP contribution in [0.15, 0.2) is 47.8 Å². The van der Waals surface area contributed by atoms with Crippen LogP contribution in [0.3, 0.4) is 0 Å². The van der Waals surface area contributed by atoms with Crippen molar-refractivity contribution in [3.63, 3.8) is 0 Å². The minimum atomic E-state index is -4.50. The molecule has 3 aromatic rings. The number of hydrogen-bond donors (Lipinski definition) is 0. The monoisotopic (exact) mass is 398 g/mol. The molecule has 0 aliphatic rings. The summed E-state index contributed by atoms with van der Waals surface area (Å²) in [6.07, 6.45) is 1.26. The van der Waals surface area contributed by atoms with Crippen molar-refractivity contribution in [2.45, 2.75) is 10.9 Å². The quantitative estimate of drug-likeness (QED) is 0.376. The van der Waals surface area contributed by atoms with Crippen molar-refractivity contribution < 1.29 is 30.8 Å². The molecular weight excluding hydrogens is 388 g/mol. The normalized spacial score (nSPS) is 11.6. The second kappa shape index (κ2) is 6.95. The SMILES string of the molecule is O=Cc1cnc(S(=O)(=O)Cc2c(F)ccc(F)c2F)n1-c1ccc(F)cc1. The van der Waals surface area contributed by atoms with Gasteiger partial charge in [0, 0.05) is 11.3 Å². The molecule has 0 aliphatic carbocycles. The van der Waals surface area contributed by atoms with Crippen molar-refractivity contribution in [3.05, 3.63) is 77.1 Å². The van der Waals surface area contributed by atoms with Crippen LogP contribution >= 0.6 is 0 Å². The first kappa shape index (κ1) is 18.8. The van der Waals surface area contributed by atoms with Gasteiger partial charge in [0.25, 0.3) is 0 Å². The highest BCUT2D eigenvalue weighted by molar-refractivity contribution is 7.90. The molecule has 0 bridgehead atoms. The van der Waals surface area contributed by atoms with Gasteiger partial charge in [-0.1, -0.05) is 0 Å². The lowest BCUT2D eigenvalue weighted by Crippen LogP contribution is -2.15. The Morgan fingerprint density at radius 1 is 0.963 bits per heavy atom. The molecule has 5 nitrogen and oxygen atoms in total. The smallest absolute Gasteiger partial charge is 0.233 e. The fraction of sp³-hybridized carbons (Fsp3) is 0.0588. The number of rotatable bonds is 5. The number of nitrogens with zero attached hydrogens (tertiary/aromatic N) is 2. The third-order valence-corrected chi connectivity index (χ3v) is 5.23. The number of halogens is 4. The van der Waals surface area contributed by atoms with Crippen molar-refractivity contribution in [1.82, 2.24) is 9.55 Å². The van der Waals surface area contributed by atoms with Crippen molar-refractivity contribution >= 4 is 16.1 Å². The van der Waals surface area contributed by atoms with Gasteiger partial charge in [-0.05, 0) is 36.4 Å². The highest BCUT2D eigenvalue weighted by atomic mass is 32.2. The third-order valence-electron chi connectivity index (χ3n) is 3.71. The lowest BCUT2D eigenvalue weighted by atomic mass is 10.2. The summed E-state index contributed by atoms with van der Waals surface area (Å²) in [6.45, 7) is 0. The first-order valence-corrected chi connectivity index (χ1v) is 9.04. The Morgan fingerprint density at radius 2 is 1.59 bits per heavy atom. The van der Waals surface area contributed by atoms with E-state index >= 15 is 0 Å². The van der Waals surface area contributed by atoms with Crippen molar-refractivity contribution in [2.75, 3.05) is 0 Å².